The molecule has 5 nitrogen and oxygen atoms in total. The summed E-state index contributed by atoms with van der Waals surface area (Å²) in [5.74, 6) is 0. The van der Waals surface area contributed by atoms with Crippen molar-refractivity contribution in [2.75, 3.05) is 0 Å². The molecule has 0 aliphatic carbocycles. The average Bonchev–Trinajstić information content (AvgIpc) is 2.35. The highest BCUT2D eigenvalue weighted by Crippen LogP contribution is 2.32. The van der Waals surface area contributed by atoms with E-state index in [0.717, 1.165) is 28.1 Å². The van der Waals surface area contributed by atoms with Gasteiger partial charge < -0.3 is 0 Å². The first-order valence-corrected chi connectivity index (χ1v) is 29.5. The zero-order valence-electron chi connectivity index (χ0n) is 50.9. The highest BCUT2D eigenvalue weighted by molar-refractivity contribution is 6.07. The van der Waals surface area contributed by atoms with Crippen LogP contribution >= 0.6 is 0 Å². The average molecular weight is 1110 g/mol. The van der Waals surface area contributed by atoms with Gasteiger partial charge >= 0.3 is 0 Å². The second-order valence-electron chi connectivity index (χ2n) is 22.7. The molecular weight excluding hydrogens is 1040 g/mol. The van der Waals surface area contributed by atoms with E-state index < -0.39 is 0 Å². The molecule has 5 heterocycles. The summed E-state index contributed by atoms with van der Waals surface area (Å²) in [6.45, 7) is 21.3. The van der Waals surface area contributed by atoms with Crippen molar-refractivity contribution in [1.29, 1.82) is 0 Å². The molecule has 0 atom stereocenters. The molecule has 0 spiro atoms. The normalized spacial score (nSPS) is 10.9. The van der Waals surface area contributed by atoms with Crippen molar-refractivity contribution >= 4 is 75.7 Å². The fourth-order valence-corrected chi connectivity index (χ4v) is 11.1. The smallest absolute Gasteiger partial charge is 0.0783 e. The Morgan fingerprint density at radius 2 is 0.791 bits per heavy atom. The van der Waals surface area contributed by atoms with Crippen molar-refractivity contribution < 1.29 is 0 Å². The minimum absolute atomic E-state index is 1.04. The van der Waals surface area contributed by atoms with Crippen LogP contribution in [0.1, 0.15) is 55.6 Å². The molecule has 0 radical (unpaired) electrons. The lowest BCUT2D eigenvalue weighted by Gasteiger charge is -2.08. The summed E-state index contributed by atoms with van der Waals surface area (Å²) < 4.78 is 0. The molecule has 0 aliphatic rings. The molecule has 0 fully saturated rings. The molecule has 0 N–H and O–H groups in total. The van der Waals surface area contributed by atoms with Crippen molar-refractivity contribution in [3.63, 3.8) is 0 Å². The maximum atomic E-state index is 4.62. The molecule has 0 saturated heterocycles. The van der Waals surface area contributed by atoms with Gasteiger partial charge in [-0.2, -0.15) is 0 Å². The van der Waals surface area contributed by atoms with Crippen molar-refractivity contribution in [1.82, 2.24) is 24.9 Å². The largest absolute Gasteiger partial charge is 0.256 e. The quantitative estimate of drug-likeness (QED) is 0.165. The molecule has 15 rings (SSSR count). The van der Waals surface area contributed by atoms with Gasteiger partial charge in [-0.25, -0.2) is 0 Å². The van der Waals surface area contributed by atoms with E-state index in [4.69, 9.17) is 0 Å². The van der Waals surface area contributed by atoms with Crippen LogP contribution in [0, 0.1) is 69.2 Å². The first-order valence-electron chi connectivity index (χ1n) is 29.5. The molecular formula is C81H71N5. The van der Waals surface area contributed by atoms with E-state index in [0.29, 0.717) is 0 Å². The van der Waals surface area contributed by atoms with Crippen LogP contribution in [-0.4, -0.2) is 24.9 Å². The number of pyridine rings is 5. The molecule has 0 saturated carbocycles. The SMILES string of the molecule is Cc1ccc(-c2cc3ccccc3cn2)cc1C.Cc1ccc(-c2nccc3ccccc23)cc1C.Cc1cccc(-c2ncc(C)c3ccccc23)c1.Cc1cnc2c(ccc3c(C)cccc32)c1.Cc1cnc2c(ccc3ccccc32)c1C. The predicted octanol–water partition coefficient (Wildman–Crippen LogP) is 21.6. The van der Waals surface area contributed by atoms with Crippen LogP contribution in [0.3, 0.4) is 0 Å². The van der Waals surface area contributed by atoms with Gasteiger partial charge in [0.25, 0.3) is 0 Å². The zero-order valence-corrected chi connectivity index (χ0v) is 50.9. The van der Waals surface area contributed by atoms with Gasteiger partial charge in [0.15, 0.2) is 0 Å². The van der Waals surface area contributed by atoms with E-state index in [2.05, 4.69) is 306 Å². The number of aromatic nitrogens is 5. The predicted molar refractivity (Wildman–Crippen MR) is 367 cm³/mol. The van der Waals surface area contributed by atoms with Crippen LogP contribution in [0.25, 0.3) is 109 Å². The maximum Gasteiger partial charge on any atom is 0.0783 e. The van der Waals surface area contributed by atoms with Gasteiger partial charge in [-0.15, -0.1) is 0 Å². The molecule has 420 valence electrons. The number of hydrogen-bond donors (Lipinski definition) is 0. The van der Waals surface area contributed by atoms with E-state index in [9.17, 15) is 0 Å². The summed E-state index contributed by atoms with van der Waals surface area (Å²) in [5.41, 5.74) is 21.8. The molecule has 10 aromatic carbocycles. The van der Waals surface area contributed by atoms with Crippen LogP contribution in [-0.2, 0) is 0 Å². The van der Waals surface area contributed by atoms with Gasteiger partial charge in [-0.05, 0) is 183 Å². The van der Waals surface area contributed by atoms with E-state index in [1.165, 1.54) is 137 Å². The summed E-state index contributed by atoms with van der Waals surface area (Å²) in [7, 11) is 0. The second-order valence-corrected chi connectivity index (χ2v) is 22.7. The Morgan fingerprint density at radius 3 is 1.53 bits per heavy atom. The first kappa shape index (κ1) is 57.6. The summed E-state index contributed by atoms with van der Waals surface area (Å²) in [6, 6.07) is 76.5. The first-order chi connectivity index (χ1) is 41.8. The van der Waals surface area contributed by atoms with Gasteiger partial charge in [0, 0.05) is 85.4 Å². The van der Waals surface area contributed by atoms with E-state index in [-0.39, 0.29) is 0 Å². The maximum absolute atomic E-state index is 4.62. The third kappa shape index (κ3) is 12.6. The van der Waals surface area contributed by atoms with Gasteiger partial charge in [0.05, 0.1) is 28.1 Å². The molecule has 86 heavy (non-hydrogen) atoms. The van der Waals surface area contributed by atoms with Crippen molar-refractivity contribution in [3.8, 4) is 33.8 Å². The van der Waals surface area contributed by atoms with Crippen LogP contribution < -0.4 is 0 Å². The molecule has 0 amide bonds. The lowest BCUT2D eigenvalue weighted by atomic mass is 10.0. The summed E-state index contributed by atoms with van der Waals surface area (Å²) in [5, 5.41) is 14.9. The second kappa shape index (κ2) is 25.7. The number of aryl methyl sites for hydroxylation is 10. The molecule has 5 heteroatoms. The summed E-state index contributed by atoms with van der Waals surface area (Å²) >= 11 is 0. The fourth-order valence-electron chi connectivity index (χ4n) is 11.1. The van der Waals surface area contributed by atoms with Gasteiger partial charge in [-0.3, -0.25) is 24.9 Å². The van der Waals surface area contributed by atoms with E-state index >= 15 is 0 Å². The highest BCUT2D eigenvalue weighted by atomic mass is 14.7. The Bertz CT molecular complexity index is 4950. The Morgan fingerprint density at radius 1 is 0.233 bits per heavy atom. The fraction of sp³-hybridized carbons (Fsp3) is 0.123. The monoisotopic (exact) mass is 1110 g/mol. The van der Waals surface area contributed by atoms with E-state index in [1.54, 1.807) is 0 Å². The zero-order chi connectivity index (χ0) is 59.8. The van der Waals surface area contributed by atoms with Crippen LogP contribution in [0.5, 0.6) is 0 Å². The van der Waals surface area contributed by atoms with Crippen LogP contribution in [0.2, 0.25) is 0 Å². The summed E-state index contributed by atoms with van der Waals surface area (Å²) in [4.78, 5) is 22.8. The third-order valence-electron chi connectivity index (χ3n) is 16.5. The van der Waals surface area contributed by atoms with Crippen molar-refractivity contribution in [2.24, 2.45) is 0 Å². The van der Waals surface area contributed by atoms with Crippen LogP contribution in [0.15, 0.2) is 249 Å². The molecule has 5 aromatic heterocycles. The Labute approximate surface area is 505 Å². The standard InChI is InChI=1S/3C17H15N.2C15H13N/c1-12-6-5-7-14(10-12)17-16-9-4-3-8-15(16)13(2)11-18-17;1-12-7-8-15(9-13(12)2)17-10-14-5-3-4-6-16(14)11-18-17;1-12-7-8-15(11-13(12)2)17-16-6-4-3-5-14(16)9-10-18-17;1-10-8-12-6-7-13-11(2)4-3-5-14(13)15(12)16-9-10;1-10-9-16-15-13(11(10)2)8-7-12-5-3-4-6-14(12)15/h3*3-11H,1-2H3;2*3-9H,1-2H3. The van der Waals surface area contributed by atoms with E-state index in [1.807, 2.05) is 37.1 Å². The molecule has 15 aromatic rings. The van der Waals surface area contributed by atoms with Crippen molar-refractivity contribution in [2.45, 2.75) is 69.2 Å². The third-order valence-corrected chi connectivity index (χ3v) is 16.5. The van der Waals surface area contributed by atoms with Gasteiger partial charge in [0.2, 0.25) is 0 Å². The Hall–Kier alpha value is -10.2. The van der Waals surface area contributed by atoms with Gasteiger partial charge in [0.1, 0.15) is 0 Å². The highest BCUT2D eigenvalue weighted by Gasteiger charge is 2.10. The van der Waals surface area contributed by atoms with Crippen molar-refractivity contribution in [3.05, 3.63) is 305 Å². The summed E-state index contributed by atoms with van der Waals surface area (Å²) in [6.07, 6.45) is 9.68. The molecule has 0 unspecified atom stereocenters. The molecule has 0 bridgehead atoms. The number of fused-ring (bicyclic) bond motifs is 9. The number of nitrogens with zero attached hydrogens (tertiary/aromatic N) is 5. The lowest BCUT2D eigenvalue weighted by Crippen LogP contribution is -1.89. The van der Waals surface area contributed by atoms with Crippen LogP contribution in [0.4, 0.5) is 0 Å². The Kier molecular flexibility index (Phi) is 17.2. The number of hydrogen-bond acceptors (Lipinski definition) is 5. The number of benzene rings is 10. The Balaban J connectivity index is 0.000000112. The minimum atomic E-state index is 1.04. The van der Waals surface area contributed by atoms with Gasteiger partial charge in [-0.1, -0.05) is 188 Å². The minimum Gasteiger partial charge on any atom is -0.256 e. The topological polar surface area (TPSA) is 64.5 Å². The lowest BCUT2D eigenvalue weighted by molar-refractivity contribution is 1.28. The number of rotatable bonds is 3. The molecule has 0 aliphatic heterocycles.